The van der Waals surface area contributed by atoms with Gasteiger partial charge in [-0.25, -0.2) is 0 Å². The molecule has 0 aliphatic carbocycles. The molecule has 1 N–H and O–H groups in total. The van der Waals surface area contributed by atoms with E-state index in [1.807, 2.05) is 12.1 Å². The highest BCUT2D eigenvalue weighted by atomic mass is 79.9. The van der Waals surface area contributed by atoms with Gasteiger partial charge >= 0.3 is 5.51 Å². The van der Waals surface area contributed by atoms with Crippen LogP contribution in [-0.2, 0) is 13.1 Å². The van der Waals surface area contributed by atoms with E-state index in [1.54, 1.807) is 23.5 Å². The first-order valence-corrected chi connectivity index (χ1v) is 8.14. The van der Waals surface area contributed by atoms with Crippen LogP contribution in [0.2, 0.25) is 0 Å². The van der Waals surface area contributed by atoms with Crippen molar-refractivity contribution in [3.05, 3.63) is 50.6 Å². The molecule has 0 radical (unpaired) electrons. The molecule has 0 fully saturated rings. The summed E-state index contributed by atoms with van der Waals surface area (Å²) in [5.74, 6) is 0. The fourth-order valence-corrected chi connectivity index (χ4v) is 3.58. The van der Waals surface area contributed by atoms with Gasteiger partial charge in [0.1, 0.15) is 0 Å². The van der Waals surface area contributed by atoms with E-state index in [9.17, 15) is 13.2 Å². The standard InChI is InChI=1S/C13H11BrF3NS2/c14-12-6-5-11(19-12)8-18-7-9-1-3-10(4-2-9)20-13(15,16)17/h1-6,18H,7-8H2. The molecule has 0 aliphatic rings. The average Bonchev–Trinajstić information content (AvgIpc) is 2.75. The number of thioether (sulfide) groups is 1. The lowest BCUT2D eigenvalue weighted by Crippen LogP contribution is -2.11. The molecule has 1 nitrogen and oxygen atoms in total. The van der Waals surface area contributed by atoms with Crippen LogP contribution in [-0.4, -0.2) is 5.51 Å². The van der Waals surface area contributed by atoms with Gasteiger partial charge in [0.2, 0.25) is 0 Å². The lowest BCUT2D eigenvalue weighted by Gasteiger charge is -2.07. The molecule has 0 amide bonds. The van der Waals surface area contributed by atoms with E-state index in [2.05, 4.69) is 21.2 Å². The average molecular weight is 382 g/mol. The molecule has 0 unspecified atom stereocenters. The number of alkyl halides is 3. The van der Waals surface area contributed by atoms with E-state index in [0.29, 0.717) is 6.54 Å². The molecule has 0 saturated heterocycles. The van der Waals surface area contributed by atoms with Crippen molar-refractivity contribution in [1.82, 2.24) is 5.32 Å². The highest BCUT2D eigenvalue weighted by Crippen LogP contribution is 2.36. The molecule has 0 spiro atoms. The maximum atomic E-state index is 12.2. The van der Waals surface area contributed by atoms with Crippen molar-refractivity contribution in [1.29, 1.82) is 0 Å². The summed E-state index contributed by atoms with van der Waals surface area (Å²) in [6.45, 7) is 1.38. The number of nitrogens with one attached hydrogen (secondary N) is 1. The fourth-order valence-electron chi connectivity index (χ4n) is 1.59. The van der Waals surface area contributed by atoms with Crippen molar-refractivity contribution >= 4 is 39.0 Å². The zero-order chi connectivity index (χ0) is 14.6. The van der Waals surface area contributed by atoms with Gasteiger partial charge in [-0.05, 0) is 57.5 Å². The summed E-state index contributed by atoms with van der Waals surface area (Å²) in [4.78, 5) is 1.42. The summed E-state index contributed by atoms with van der Waals surface area (Å²) >= 11 is 4.96. The Bertz CT molecular complexity index is 551. The summed E-state index contributed by atoms with van der Waals surface area (Å²) in [7, 11) is 0. The zero-order valence-electron chi connectivity index (χ0n) is 10.2. The van der Waals surface area contributed by atoms with Gasteiger partial charge in [0.15, 0.2) is 0 Å². The molecule has 0 bridgehead atoms. The van der Waals surface area contributed by atoms with Crippen LogP contribution in [0.1, 0.15) is 10.4 Å². The van der Waals surface area contributed by atoms with Crippen LogP contribution in [0.25, 0.3) is 0 Å². The van der Waals surface area contributed by atoms with Crippen LogP contribution in [0.15, 0.2) is 45.1 Å². The SMILES string of the molecule is FC(F)(F)Sc1ccc(CNCc2ccc(Br)s2)cc1. The zero-order valence-corrected chi connectivity index (χ0v) is 13.4. The van der Waals surface area contributed by atoms with Gasteiger partial charge in [0.05, 0.1) is 3.79 Å². The van der Waals surface area contributed by atoms with Crippen molar-refractivity contribution in [2.45, 2.75) is 23.5 Å². The van der Waals surface area contributed by atoms with Gasteiger partial charge in [-0.15, -0.1) is 11.3 Å². The maximum Gasteiger partial charge on any atom is 0.446 e. The predicted octanol–water partition coefficient (Wildman–Crippen LogP) is 5.41. The van der Waals surface area contributed by atoms with E-state index in [0.717, 1.165) is 15.9 Å². The van der Waals surface area contributed by atoms with Gasteiger partial charge in [0, 0.05) is 22.9 Å². The Labute approximate surface area is 131 Å². The van der Waals surface area contributed by atoms with Crippen LogP contribution >= 0.6 is 39.0 Å². The summed E-state index contributed by atoms with van der Waals surface area (Å²) in [5, 5.41) is 3.26. The van der Waals surface area contributed by atoms with Crippen molar-refractivity contribution < 1.29 is 13.2 Å². The monoisotopic (exact) mass is 381 g/mol. The quantitative estimate of drug-likeness (QED) is 0.694. The molecular formula is C13H11BrF3NS2. The Kier molecular flexibility index (Phi) is 5.54. The maximum absolute atomic E-state index is 12.2. The number of hydrogen-bond donors (Lipinski definition) is 1. The minimum atomic E-state index is -4.23. The fraction of sp³-hybridized carbons (Fsp3) is 0.231. The molecule has 7 heteroatoms. The van der Waals surface area contributed by atoms with Gasteiger partial charge in [0.25, 0.3) is 0 Å². The smallest absolute Gasteiger partial charge is 0.308 e. The topological polar surface area (TPSA) is 12.0 Å². The van der Waals surface area contributed by atoms with Crippen LogP contribution in [0, 0.1) is 0 Å². The van der Waals surface area contributed by atoms with Crippen LogP contribution in [0.5, 0.6) is 0 Å². The second kappa shape index (κ2) is 6.98. The second-order valence-electron chi connectivity index (χ2n) is 4.00. The van der Waals surface area contributed by atoms with Crippen LogP contribution in [0.4, 0.5) is 13.2 Å². The third kappa shape index (κ3) is 5.47. The Morgan fingerprint density at radius 2 is 1.75 bits per heavy atom. The molecule has 1 aromatic carbocycles. The third-order valence-electron chi connectivity index (χ3n) is 2.41. The molecule has 0 saturated carbocycles. The molecule has 1 aromatic heterocycles. The Morgan fingerprint density at radius 1 is 1.05 bits per heavy atom. The van der Waals surface area contributed by atoms with Gasteiger partial charge < -0.3 is 5.32 Å². The highest BCUT2D eigenvalue weighted by molar-refractivity contribution is 9.11. The highest BCUT2D eigenvalue weighted by Gasteiger charge is 2.28. The normalized spacial score (nSPS) is 11.8. The van der Waals surface area contributed by atoms with E-state index in [-0.39, 0.29) is 16.7 Å². The van der Waals surface area contributed by atoms with Crippen molar-refractivity contribution in [3.8, 4) is 0 Å². The first-order valence-electron chi connectivity index (χ1n) is 5.72. The lowest BCUT2D eigenvalue weighted by atomic mass is 10.2. The van der Waals surface area contributed by atoms with Crippen molar-refractivity contribution in [2.75, 3.05) is 0 Å². The van der Waals surface area contributed by atoms with Crippen LogP contribution in [0.3, 0.4) is 0 Å². The Morgan fingerprint density at radius 3 is 2.30 bits per heavy atom. The number of benzene rings is 1. The van der Waals surface area contributed by atoms with Crippen molar-refractivity contribution in [2.24, 2.45) is 0 Å². The number of hydrogen-bond acceptors (Lipinski definition) is 3. The molecule has 20 heavy (non-hydrogen) atoms. The molecule has 0 aliphatic heterocycles. The summed E-state index contributed by atoms with van der Waals surface area (Å²) in [6.07, 6.45) is 0. The predicted molar refractivity (Wildman–Crippen MR) is 80.9 cm³/mol. The van der Waals surface area contributed by atoms with Crippen LogP contribution < -0.4 is 5.32 Å². The van der Waals surface area contributed by atoms with Crippen molar-refractivity contribution in [3.63, 3.8) is 0 Å². The second-order valence-corrected chi connectivity index (χ2v) is 7.69. The van der Waals surface area contributed by atoms with Gasteiger partial charge in [-0.2, -0.15) is 13.2 Å². The number of rotatable bonds is 5. The largest absolute Gasteiger partial charge is 0.446 e. The van der Waals surface area contributed by atoms with E-state index < -0.39 is 5.51 Å². The Hall–Kier alpha value is -0.500. The molecule has 2 rings (SSSR count). The molecule has 2 aromatic rings. The first kappa shape index (κ1) is 15.9. The van der Waals surface area contributed by atoms with Gasteiger partial charge in [-0.1, -0.05) is 12.1 Å². The summed E-state index contributed by atoms with van der Waals surface area (Å²) in [6, 6.07) is 10.4. The first-order chi connectivity index (χ1) is 9.42. The lowest BCUT2D eigenvalue weighted by molar-refractivity contribution is -0.0328. The number of halogens is 4. The van der Waals surface area contributed by atoms with E-state index in [4.69, 9.17) is 0 Å². The van der Waals surface area contributed by atoms with E-state index in [1.165, 1.54) is 17.0 Å². The van der Waals surface area contributed by atoms with Gasteiger partial charge in [-0.3, -0.25) is 0 Å². The molecular weight excluding hydrogens is 371 g/mol. The molecule has 108 valence electrons. The Balaban J connectivity index is 1.82. The summed E-state index contributed by atoms with van der Waals surface area (Å²) in [5.41, 5.74) is -3.26. The summed E-state index contributed by atoms with van der Waals surface area (Å²) < 4.78 is 37.6. The number of thiophene rings is 1. The molecule has 1 heterocycles. The minimum Gasteiger partial charge on any atom is -0.308 e. The van der Waals surface area contributed by atoms with E-state index >= 15 is 0 Å². The third-order valence-corrected chi connectivity index (χ3v) is 4.78. The minimum absolute atomic E-state index is 0.0910. The molecule has 0 atom stereocenters.